The first-order chi connectivity index (χ1) is 7.11. The largest absolute Gasteiger partial charge is 0.496 e. The summed E-state index contributed by atoms with van der Waals surface area (Å²) in [5, 5.41) is 0. The summed E-state index contributed by atoms with van der Waals surface area (Å²) >= 11 is 0. The lowest BCUT2D eigenvalue weighted by Crippen LogP contribution is -2.25. The Labute approximate surface area is 91.2 Å². The van der Waals surface area contributed by atoms with Crippen molar-refractivity contribution in [3.63, 3.8) is 0 Å². The Kier molecular flexibility index (Phi) is 4.12. The van der Waals surface area contributed by atoms with E-state index in [9.17, 15) is 0 Å². The van der Waals surface area contributed by atoms with Gasteiger partial charge >= 0.3 is 0 Å². The van der Waals surface area contributed by atoms with Crippen LogP contribution < -0.4 is 10.5 Å². The molecule has 0 saturated carbocycles. The van der Waals surface area contributed by atoms with Crippen LogP contribution in [0.4, 0.5) is 0 Å². The van der Waals surface area contributed by atoms with Crippen LogP contribution in [-0.4, -0.2) is 20.3 Å². The van der Waals surface area contributed by atoms with E-state index in [-0.39, 0.29) is 5.60 Å². The Balaban J connectivity index is 2.92. The molecule has 15 heavy (non-hydrogen) atoms. The van der Waals surface area contributed by atoms with Crippen molar-refractivity contribution in [1.29, 1.82) is 0 Å². The summed E-state index contributed by atoms with van der Waals surface area (Å²) in [6.45, 7) is 5.10. The van der Waals surface area contributed by atoms with Crippen molar-refractivity contribution in [2.75, 3.05) is 20.3 Å². The van der Waals surface area contributed by atoms with Crippen molar-refractivity contribution < 1.29 is 9.47 Å². The topological polar surface area (TPSA) is 44.5 Å². The van der Waals surface area contributed by atoms with Crippen LogP contribution in [0.2, 0.25) is 0 Å². The molecule has 0 heterocycles. The minimum atomic E-state index is -0.369. The van der Waals surface area contributed by atoms with Crippen LogP contribution in [0.1, 0.15) is 19.4 Å². The van der Waals surface area contributed by atoms with E-state index in [4.69, 9.17) is 15.2 Å². The lowest BCUT2D eigenvalue weighted by molar-refractivity contribution is -0.0186. The van der Waals surface area contributed by atoms with E-state index in [1.165, 1.54) is 0 Å². The summed E-state index contributed by atoms with van der Waals surface area (Å²) in [6, 6.07) is 7.87. The smallest absolute Gasteiger partial charge is 0.124 e. The Morgan fingerprint density at radius 3 is 2.53 bits per heavy atom. The molecular weight excluding hydrogens is 190 g/mol. The first-order valence-corrected chi connectivity index (χ1v) is 5.09. The van der Waals surface area contributed by atoms with Gasteiger partial charge in [0.05, 0.1) is 19.3 Å². The molecule has 84 valence electrons. The molecule has 0 saturated heterocycles. The molecule has 0 bridgehead atoms. The molecule has 0 spiro atoms. The number of benzene rings is 1. The Morgan fingerprint density at radius 1 is 1.27 bits per heavy atom. The van der Waals surface area contributed by atoms with Crippen LogP contribution in [0, 0.1) is 0 Å². The van der Waals surface area contributed by atoms with Crippen LogP contribution in [0.25, 0.3) is 0 Å². The van der Waals surface area contributed by atoms with Crippen LogP contribution in [0.5, 0.6) is 5.75 Å². The maximum atomic E-state index is 5.70. The molecule has 0 unspecified atom stereocenters. The second-order valence-electron chi connectivity index (χ2n) is 3.85. The van der Waals surface area contributed by atoms with E-state index in [1.807, 2.05) is 38.1 Å². The number of nitrogens with two attached hydrogens (primary N) is 1. The molecule has 0 aliphatic carbocycles. The lowest BCUT2D eigenvalue weighted by atomic mass is 9.97. The Bertz CT molecular complexity index is 310. The highest BCUT2D eigenvalue weighted by Crippen LogP contribution is 2.31. The molecule has 0 fully saturated rings. The predicted molar refractivity (Wildman–Crippen MR) is 61.0 cm³/mol. The van der Waals surface area contributed by atoms with Crippen molar-refractivity contribution in [2.24, 2.45) is 5.73 Å². The number of para-hydroxylation sites is 1. The third-order valence-electron chi connectivity index (χ3n) is 2.34. The van der Waals surface area contributed by atoms with E-state index < -0.39 is 0 Å². The van der Waals surface area contributed by atoms with Crippen LogP contribution >= 0.6 is 0 Å². The lowest BCUT2D eigenvalue weighted by Gasteiger charge is -2.27. The fourth-order valence-electron chi connectivity index (χ4n) is 1.53. The molecule has 0 atom stereocenters. The quantitative estimate of drug-likeness (QED) is 0.805. The zero-order valence-corrected chi connectivity index (χ0v) is 9.62. The second-order valence-corrected chi connectivity index (χ2v) is 3.85. The molecule has 1 aromatic rings. The molecule has 1 aromatic carbocycles. The van der Waals surface area contributed by atoms with Crippen LogP contribution in [0.3, 0.4) is 0 Å². The van der Waals surface area contributed by atoms with Crippen LogP contribution in [-0.2, 0) is 10.3 Å². The summed E-state index contributed by atoms with van der Waals surface area (Å²) in [5.41, 5.74) is 6.10. The molecular formula is C12H19NO2. The predicted octanol–water partition coefficient (Wildman–Crippen LogP) is 1.91. The molecule has 0 amide bonds. The number of hydrogen-bond donors (Lipinski definition) is 1. The zero-order valence-electron chi connectivity index (χ0n) is 9.62. The maximum absolute atomic E-state index is 5.70. The zero-order chi connectivity index (χ0) is 11.3. The summed E-state index contributed by atoms with van der Waals surface area (Å²) in [5.74, 6) is 0.847. The summed E-state index contributed by atoms with van der Waals surface area (Å²) < 4.78 is 11.0. The molecule has 0 radical (unpaired) electrons. The van der Waals surface area contributed by atoms with Gasteiger partial charge in [-0.25, -0.2) is 0 Å². The molecule has 3 nitrogen and oxygen atoms in total. The standard InChI is InChI=1S/C12H19NO2/c1-12(2,15-9-8-13)10-6-4-5-7-11(10)14-3/h4-7H,8-9,13H2,1-3H3. The summed E-state index contributed by atoms with van der Waals surface area (Å²) in [4.78, 5) is 0. The highest BCUT2D eigenvalue weighted by atomic mass is 16.5. The number of hydrogen-bond acceptors (Lipinski definition) is 3. The number of ether oxygens (including phenoxy) is 2. The monoisotopic (exact) mass is 209 g/mol. The SMILES string of the molecule is COc1ccccc1C(C)(C)OCCN. The fourth-order valence-corrected chi connectivity index (χ4v) is 1.53. The summed E-state index contributed by atoms with van der Waals surface area (Å²) in [7, 11) is 1.66. The van der Waals surface area contributed by atoms with E-state index in [0.29, 0.717) is 13.2 Å². The van der Waals surface area contributed by atoms with Crippen LogP contribution in [0.15, 0.2) is 24.3 Å². The molecule has 2 N–H and O–H groups in total. The van der Waals surface area contributed by atoms with E-state index in [0.717, 1.165) is 11.3 Å². The van der Waals surface area contributed by atoms with Gasteiger partial charge in [0.25, 0.3) is 0 Å². The van der Waals surface area contributed by atoms with Gasteiger partial charge in [0.1, 0.15) is 5.75 Å². The van der Waals surface area contributed by atoms with Crippen molar-refractivity contribution in [1.82, 2.24) is 0 Å². The van der Waals surface area contributed by atoms with Gasteiger partial charge in [-0.15, -0.1) is 0 Å². The number of methoxy groups -OCH3 is 1. The molecule has 0 aliphatic heterocycles. The third-order valence-corrected chi connectivity index (χ3v) is 2.34. The highest BCUT2D eigenvalue weighted by molar-refractivity contribution is 5.37. The van der Waals surface area contributed by atoms with E-state index in [1.54, 1.807) is 7.11 Å². The molecule has 3 heteroatoms. The molecule has 0 aromatic heterocycles. The van der Waals surface area contributed by atoms with Gasteiger partial charge in [0.2, 0.25) is 0 Å². The van der Waals surface area contributed by atoms with Crippen molar-refractivity contribution in [3.05, 3.63) is 29.8 Å². The Hall–Kier alpha value is -1.06. The summed E-state index contributed by atoms with van der Waals surface area (Å²) in [6.07, 6.45) is 0. The van der Waals surface area contributed by atoms with Gasteiger partial charge in [0.15, 0.2) is 0 Å². The average Bonchev–Trinajstić information content (AvgIpc) is 2.26. The minimum Gasteiger partial charge on any atom is -0.496 e. The highest BCUT2D eigenvalue weighted by Gasteiger charge is 2.24. The first-order valence-electron chi connectivity index (χ1n) is 5.09. The number of rotatable bonds is 5. The van der Waals surface area contributed by atoms with Gasteiger partial charge < -0.3 is 15.2 Å². The van der Waals surface area contributed by atoms with Gasteiger partial charge in [0, 0.05) is 12.1 Å². The van der Waals surface area contributed by atoms with Gasteiger partial charge in [-0.2, -0.15) is 0 Å². The molecule has 1 rings (SSSR count). The van der Waals surface area contributed by atoms with Gasteiger partial charge in [-0.05, 0) is 19.9 Å². The minimum absolute atomic E-state index is 0.369. The molecule has 0 aliphatic rings. The van der Waals surface area contributed by atoms with Gasteiger partial charge in [-0.1, -0.05) is 18.2 Å². The normalized spacial score (nSPS) is 11.5. The van der Waals surface area contributed by atoms with Gasteiger partial charge in [-0.3, -0.25) is 0 Å². The first kappa shape index (κ1) is 12.0. The van der Waals surface area contributed by atoms with Crippen molar-refractivity contribution >= 4 is 0 Å². The average molecular weight is 209 g/mol. The van der Waals surface area contributed by atoms with Crippen molar-refractivity contribution in [3.8, 4) is 5.75 Å². The fraction of sp³-hybridized carbons (Fsp3) is 0.500. The van der Waals surface area contributed by atoms with E-state index in [2.05, 4.69) is 0 Å². The second kappa shape index (κ2) is 5.14. The maximum Gasteiger partial charge on any atom is 0.124 e. The third kappa shape index (κ3) is 2.94. The Morgan fingerprint density at radius 2 is 1.93 bits per heavy atom. The van der Waals surface area contributed by atoms with Crippen molar-refractivity contribution in [2.45, 2.75) is 19.4 Å². The van der Waals surface area contributed by atoms with E-state index >= 15 is 0 Å².